The van der Waals surface area contributed by atoms with Gasteiger partial charge in [-0.2, -0.15) is 0 Å². The lowest BCUT2D eigenvalue weighted by atomic mass is 9.96. The van der Waals surface area contributed by atoms with Crippen molar-refractivity contribution < 1.29 is 19.0 Å². The van der Waals surface area contributed by atoms with Gasteiger partial charge in [0.15, 0.2) is 6.29 Å². The lowest BCUT2D eigenvalue weighted by molar-refractivity contribution is -0.124. The molecule has 1 amide bonds. The Morgan fingerprint density at radius 1 is 1.21 bits per heavy atom. The van der Waals surface area contributed by atoms with Crippen molar-refractivity contribution in [3.63, 3.8) is 0 Å². The summed E-state index contributed by atoms with van der Waals surface area (Å²) in [6.45, 7) is 4.25. The first kappa shape index (κ1) is 17.2. The van der Waals surface area contributed by atoms with E-state index in [0.717, 1.165) is 37.2 Å². The van der Waals surface area contributed by atoms with Crippen LogP contribution in [0.3, 0.4) is 0 Å². The Hall–Kier alpha value is -1.63. The SMILES string of the molecule is COc1ccc(CNC(=O)CN2CCC(C3OCCO3)CC2)cc1. The van der Waals surface area contributed by atoms with Crippen molar-refractivity contribution in [2.24, 2.45) is 5.92 Å². The van der Waals surface area contributed by atoms with Crippen molar-refractivity contribution in [3.8, 4) is 5.75 Å². The number of carbonyl (C=O) groups excluding carboxylic acids is 1. The molecule has 24 heavy (non-hydrogen) atoms. The highest BCUT2D eigenvalue weighted by molar-refractivity contribution is 5.78. The van der Waals surface area contributed by atoms with Gasteiger partial charge in [-0.05, 0) is 43.6 Å². The monoisotopic (exact) mass is 334 g/mol. The molecule has 2 fully saturated rings. The maximum absolute atomic E-state index is 12.1. The van der Waals surface area contributed by atoms with Gasteiger partial charge >= 0.3 is 0 Å². The summed E-state index contributed by atoms with van der Waals surface area (Å²) in [5, 5.41) is 2.98. The minimum absolute atomic E-state index is 0.0314. The Morgan fingerprint density at radius 2 is 1.88 bits per heavy atom. The third kappa shape index (κ3) is 4.69. The first-order valence-corrected chi connectivity index (χ1v) is 8.60. The lowest BCUT2D eigenvalue weighted by Crippen LogP contribution is -2.43. The molecule has 3 rings (SSSR count). The van der Waals surface area contributed by atoms with Crippen molar-refractivity contribution in [3.05, 3.63) is 29.8 Å². The van der Waals surface area contributed by atoms with Crippen LogP contribution in [0.15, 0.2) is 24.3 Å². The zero-order valence-corrected chi connectivity index (χ0v) is 14.2. The third-order valence-corrected chi connectivity index (χ3v) is 4.68. The maximum atomic E-state index is 12.1. The van der Waals surface area contributed by atoms with Crippen LogP contribution in [-0.2, 0) is 20.8 Å². The van der Waals surface area contributed by atoms with E-state index in [2.05, 4.69) is 10.2 Å². The molecule has 0 radical (unpaired) electrons. The number of ether oxygens (including phenoxy) is 3. The second kappa shape index (κ2) is 8.46. The third-order valence-electron chi connectivity index (χ3n) is 4.68. The summed E-state index contributed by atoms with van der Waals surface area (Å²) in [4.78, 5) is 14.3. The number of piperidine rings is 1. The van der Waals surface area contributed by atoms with Crippen molar-refractivity contribution in [2.45, 2.75) is 25.7 Å². The molecular weight excluding hydrogens is 308 g/mol. The Kier molecular flexibility index (Phi) is 6.07. The van der Waals surface area contributed by atoms with E-state index in [-0.39, 0.29) is 12.2 Å². The van der Waals surface area contributed by atoms with Gasteiger partial charge in [-0.3, -0.25) is 9.69 Å². The fourth-order valence-corrected chi connectivity index (χ4v) is 3.24. The molecule has 0 saturated carbocycles. The van der Waals surface area contributed by atoms with Crippen molar-refractivity contribution in [2.75, 3.05) is 40.0 Å². The number of hydrogen-bond donors (Lipinski definition) is 1. The van der Waals surface area contributed by atoms with Gasteiger partial charge in [-0.1, -0.05) is 12.1 Å². The molecule has 132 valence electrons. The predicted octanol–water partition coefficient (Wildman–Crippen LogP) is 1.40. The number of amides is 1. The quantitative estimate of drug-likeness (QED) is 0.852. The molecule has 1 aromatic carbocycles. The van der Waals surface area contributed by atoms with Crippen LogP contribution in [0.1, 0.15) is 18.4 Å². The zero-order chi connectivity index (χ0) is 16.8. The average molecular weight is 334 g/mol. The topological polar surface area (TPSA) is 60.0 Å². The number of methoxy groups -OCH3 is 1. The summed E-state index contributed by atoms with van der Waals surface area (Å²) in [5.74, 6) is 1.35. The molecule has 6 nitrogen and oxygen atoms in total. The number of carbonyl (C=O) groups is 1. The summed E-state index contributed by atoms with van der Waals surface area (Å²) >= 11 is 0. The molecule has 0 aliphatic carbocycles. The van der Waals surface area contributed by atoms with Gasteiger partial charge in [0.25, 0.3) is 0 Å². The second-order valence-corrected chi connectivity index (χ2v) is 6.35. The molecule has 0 aromatic heterocycles. The van der Waals surface area contributed by atoms with Gasteiger partial charge in [0.2, 0.25) is 5.91 Å². The fraction of sp³-hybridized carbons (Fsp3) is 0.611. The Morgan fingerprint density at radius 3 is 2.50 bits per heavy atom. The van der Waals surface area contributed by atoms with E-state index in [1.54, 1.807) is 7.11 Å². The molecule has 0 spiro atoms. The van der Waals surface area contributed by atoms with E-state index >= 15 is 0 Å². The summed E-state index contributed by atoms with van der Waals surface area (Å²) in [6, 6.07) is 7.73. The smallest absolute Gasteiger partial charge is 0.234 e. The van der Waals surface area contributed by atoms with Gasteiger partial charge in [-0.15, -0.1) is 0 Å². The molecule has 2 aliphatic heterocycles. The van der Waals surface area contributed by atoms with Crippen molar-refractivity contribution in [1.82, 2.24) is 10.2 Å². The van der Waals surface area contributed by atoms with Crippen molar-refractivity contribution >= 4 is 5.91 Å². The number of benzene rings is 1. The Labute approximate surface area is 143 Å². The molecule has 0 unspecified atom stereocenters. The highest BCUT2D eigenvalue weighted by Crippen LogP contribution is 2.25. The molecule has 6 heteroatoms. The van der Waals surface area contributed by atoms with Crippen LogP contribution in [0, 0.1) is 5.92 Å². The summed E-state index contributed by atoms with van der Waals surface area (Å²) in [5.41, 5.74) is 1.07. The van der Waals surface area contributed by atoms with Crippen LogP contribution in [0.5, 0.6) is 5.75 Å². The second-order valence-electron chi connectivity index (χ2n) is 6.35. The van der Waals surface area contributed by atoms with E-state index in [9.17, 15) is 4.79 Å². The van der Waals surface area contributed by atoms with E-state index in [1.807, 2.05) is 24.3 Å². The van der Waals surface area contributed by atoms with Crippen LogP contribution in [0.4, 0.5) is 0 Å². The van der Waals surface area contributed by atoms with E-state index in [4.69, 9.17) is 14.2 Å². The van der Waals surface area contributed by atoms with Gasteiger partial charge in [0.1, 0.15) is 5.75 Å². The number of likely N-dealkylation sites (tertiary alicyclic amines) is 1. The molecule has 1 N–H and O–H groups in total. The maximum Gasteiger partial charge on any atom is 0.234 e. The van der Waals surface area contributed by atoms with Gasteiger partial charge < -0.3 is 19.5 Å². The molecule has 0 atom stereocenters. The largest absolute Gasteiger partial charge is 0.497 e. The van der Waals surface area contributed by atoms with Gasteiger partial charge in [-0.25, -0.2) is 0 Å². The van der Waals surface area contributed by atoms with Crippen LogP contribution in [-0.4, -0.2) is 57.1 Å². The summed E-state index contributed by atoms with van der Waals surface area (Å²) in [6.07, 6.45) is 2.02. The molecular formula is C18H26N2O4. The first-order valence-electron chi connectivity index (χ1n) is 8.60. The van der Waals surface area contributed by atoms with E-state index in [1.165, 1.54) is 0 Å². The number of nitrogens with one attached hydrogen (secondary N) is 1. The van der Waals surface area contributed by atoms with Crippen LogP contribution >= 0.6 is 0 Å². The van der Waals surface area contributed by atoms with Crippen LogP contribution in [0.25, 0.3) is 0 Å². The number of hydrogen-bond acceptors (Lipinski definition) is 5. The van der Waals surface area contributed by atoms with Crippen LogP contribution < -0.4 is 10.1 Å². The normalized spacial score (nSPS) is 20.2. The number of rotatable bonds is 6. The fourth-order valence-electron chi connectivity index (χ4n) is 3.24. The average Bonchev–Trinajstić information content (AvgIpc) is 3.16. The molecule has 0 bridgehead atoms. The van der Waals surface area contributed by atoms with Gasteiger partial charge in [0.05, 0.1) is 26.9 Å². The predicted molar refractivity (Wildman–Crippen MR) is 89.7 cm³/mol. The Bertz CT molecular complexity index is 520. The highest BCUT2D eigenvalue weighted by Gasteiger charge is 2.30. The number of nitrogens with zero attached hydrogens (tertiary/aromatic N) is 1. The zero-order valence-electron chi connectivity index (χ0n) is 14.2. The Balaban J connectivity index is 1.36. The van der Waals surface area contributed by atoms with Crippen LogP contribution in [0.2, 0.25) is 0 Å². The standard InChI is InChI=1S/C18H26N2O4/c1-22-16-4-2-14(3-5-16)12-19-17(21)13-20-8-6-15(7-9-20)18-23-10-11-24-18/h2-5,15,18H,6-13H2,1H3,(H,19,21). The van der Waals surface area contributed by atoms with Gasteiger partial charge in [0, 0.05) is 12.5 Å². The first-order chi connectivity index (χ1) is 11.7. The van der Waals surface area contributed by atoms with E-state index < -0.39 is 0 Å². The molecule has 2 heterocycles. The summed E-state index contributed by atoms with van der Waals surface area (Å²) < 4.78 is 16.3. The lowest BCUT2D eigenvalue weighted by Gasteiger charge is -2.33. The molecule has 2 aliphatic rings. The summed E-state index contributed by atoms with van der Waals surface area (Å²) in [7, 11) is 1.64. The molecule has 2 saturated heterocycles. The van der Waals surface area contributed by atoms with E-state index in [0.29, 0.717) is 32.2 Å². The highest BCUT2D eigenvalue weighted by atomic mass is 16.7. The minimum atomic E-state index is -0.0314. The molecule has 1 aromatic rings. The minimum Gasteiger partial charge on any atom is -0.497 e. The van der Waals surface area contributed by atoms with Crippen molar-refractivity contribution in [1.29, 1.82) is 0 Å².